The number of cyclic esters (lactones) is 1. The summed E-state index contributed by atoms with van der Waals surface area (Å²) in [7, 11) is 1.23. The summed E-state index contributed by atoms with van der Waals surface area (Å²) >= 11 is 0. The summed E-state index contributed by atoms with van der Waals surface area (Å²) in [5, 5.41) is 0. The molecule has 9 nitrogen and oxygen atoms in total. The lowest BCUT2D eigenvalue weighted by atomic mass is 9.41. The maximum absolute atomic E-state index is 13.7. The van der Waals surface area contributed by atoms with E-state index in [-0.39, 0.29) is 24.5 Å². The molecule has 9 heteroatoms. The molecule has 2 aliphatic carbocycles. The Balaban J connectivity index is 1.66. The van der Waals surface area contributed by atoms with Gasteiger partial charge in [-0.25, -0.2) is 4.79 Å². The van der Waals surface area contributed by atoms with Gasteiger partial charge in [0, 0.05) is 41.1 Å². The van der Waals surface area contributed by atoms with E-state index in [1.165, 1.54) is 14.0 Å². The van der Waals surface area contributed by atoms with Crippen LogP contribution in [0.15, 0.2) is 35.2 Å². The number of furan rings is 1. The number of Topliss-reactive ketones (excluding diaryl/α,β-unsaturated/α-hetero) is 1. The summed E-state index contributed by atoms with van der Waals surface area (Å²) in [6.07, 6.45) is 1.93. The molecule has 0 radical (unpaired) electrons. The van der Waals surface area contributed by atoms with Crippen LogP contribution in [0.3, 0.4) is 0 Å². The van der Waals surface area contributed by atoms with Gasteiger partial charge in [-0.15, -0.1) is 0 Å². The molecule has 38 heavy (non-hydrogen) atoms. The van der Waals surface area contributed by atoms with Gasteiger partial charge in [0.15, 0.2) is 0 Å². The Labute approximate surface area is 222 Å². The summed E-state index contributed by atoms with van der Waals surface area (Å²) in [6, 6.07) is 1.78. The quantitative estimate of drug-likeness (QED) is 0.323. The van der Waals surface area contributed by atoms with Crippen molar-refractivity contribution in [3.63, 3.8) is 0 Å². The van der Waals surface area contributed by atoms with Crippen LogP contribution >= 0.6 is 0 Å². The minimum atomic E-state index is -1.31. The molecule has 0 N–H and O–H groups in total. The highest BCUT2D eigenvalue weighted by Crippen LogP contribution is 2.71. The van der Waals surface area contributed by atoms with E-state index in [0.717, 1.165) is 11.1 Å². The van der Waals surface area contributed by atoms with Gasteiger partial charge in [0.25, 0.3) is 0 Å². The normalized spacial score (nSPS) is 40.3. The maximum atomic E-state index is 13.7. The van der Waals surface area contributed by atoms with E-state index in [9.17, 15) is 19.2 Å². The second-order valence-corrected chi connectivity index (χ2v) is 12.3. The van der Waals surface area contributed by atoms with Crippen LogP contribution in [0.1, 0.15) is 72.0 Å². The third-order valence-electron chi connectivity index (χ3n) is 10.2. The SMILES string of the molecule is C=C1C2CC[C@]3(C)[C@@H](c4ccoc4)OC(=O)CC13OC1CC(=O)C(C)(C)[C@H](C(OC(C)=O)C(=O)OC)[C@]12C. The zero-order chi connectivity index (χ0) is 27.8. The topological polar surface area (TPSA) is 118 Å². The van der Waals surface area contributed by atoms with Crippen molar-refractivity contribution in [1.82, 2.24) is 0 Å². The third kappa shape index (κ3) is 3.33. The number of fused-ring (bicyclic) bond motifs is 3. The van der Waals surface area contributed by atoms with Crippen molar-refractivity contribution in [2.75, 3.05) is 7.11 Å². The van der Waals surface area contributed by atoms with Gasteiger partial charge >= 0.3 is 17.9 Å². The van der Waals surface area contributed by atoms with Crippen molar-refractivity contribution in [3.8, 4) is 0 Å². The van der Waals surface area contributed by atoms with Crippen LogP contribution in [-0.4, -0.2) is 48.6 Å². The van der Waals surface area contributed by atoms with Crippen LogP contribution in [0.5, 0.6) is 0 Å². The standard InChI is InChI=1S/C29H36O9/c1-15-18-8-10-27(5)24(17-9-11-35-14-17)37-21(32)13-29(15,27)38-20-12-19(31)26(3,4)23(28(18,20)6)22(25(33)34-7)36-16(2)30/h9,11,14,18,20,22-24H,1,8,10,12-13H2,2-7H3/t18?,20?,22?,23-,24+,27+,28-,29?/m0/s1. The molecule has 4 aliphatic rings. The Morgan fingerprint density at radius 1 is 1.18 bits per heavy atom. The molecular formula is C29H36O9. The van der Waals surface area contributed by atoms with Crippen molar-refractivity contribution >= 4 is 23.7 Å². The number of rotatable bonds is 4. The molecule has 2 saturated heterocycles. The Hall–Kier alpha value is -2.94. The van der Waals surface area contributed by atoms with Gasteiger partial charge in [0.05, 0.1) is 32.2 Å². The first-order chi connectivity index (χ1) is 17.7. The average Bonchev–Trinajstić information content (AvgIpc) is 3.36. The van der Waals surface area contributed by atoms with Gasteiger partial charge in [-0.3, -0.25) is 14.4 Å². The summed E-state index contributed by atoms with van der Waals surface area (Å²) in [6.45, 7) is 13.4. The molecule has 4 fully saturated rings. The molecule has 0 aromatic carbocycles. The molecule has 1 spiro atoms. The van der Waals surface area contributed by atoms with Crippen LogP contribution in [0.4, 0.5) is 0 Å². The predicted molar refractivity (Wildman–Crippen MR) is 132 cm³/mol. The van der Waals surface area contributed by atoms with Gasteiger partial charge < -0.3 is 23.4 Å². The molecule has 3 heterocycles. The summed E-state index contributed by atoms with van der Waals surface area (Å²) in [5.41, 5.74) is -2.10. The summed E-state index contributed by atoms with van der Waals surface area (Å²) in [4.78, 5) is 52.0. The first kappa shape index (κ1) is 26.7. The maximum Gasteiger partial charge on any atom is 0.347 e. The van der Waals surface area contributed by atoms with Crippen LogP contribution in [0.25, 0.3) is 0 Å². The van der Waals surface area contributed by atoms with Crippen molar-refractivity contribution in [3.05, 3.63) is 36.3 Å². The fourth-order valence-electron chi connectivity index (χ4n) is 8.34. The first-order valence-electron chi connectivity index (χ1n) is 13.1. The highest BCUT2D eigenvalue weighted by molar-refractivity contribution is 5.89. The highest BCUT2D eigenvalue weighted by Gasteiger charge is 2.74. The van der Waals surface area contributed by atoms with E-state index in [1.54, 1.807) is 32.4 Å². The predicted octanol–water partition coefficient (Wildman–Crippen LogP) is 4.10. The molecule has 1 aromatic heterocycles. The Bertz CT molecular complexity index is 1200. The number of carbonyl (C=O) groups is 4. The molecule has 1 aromatic rings. The zero-order valence-corrected chi connectivity index (χ0v) is 22.8. The zero-order valence-electron chi connectivity index (χ0n) is 22.8. The van der Waals surface area contributed by atoms with E-state index in [2.05, 4.69) is 6.58 Å². The minimum Gasteiger partial charge on any atom is -0.472 e. The van der Waals surface area contributed by atoms with Crippen LogP contribution < -0.4 is 0 Å². The van der Waals surface area contributed by atoms with E-state index in [1.807, 2.05) is 13.8 Å². The van der Waals surface area contributed by atoms with Gasteiger partial charge in [-0.2, -0.15) is 0 Å². The Morgan fingerprint density at radius 3 is 2.50 bits per heavy atom. The number of esters is 3. The number of ether oxygens (including phenoxy) is 4. The molecule has 2 bridgehead atoms. The van der Waals surface area contributed by atoms with Crippen molar-refractivity contribution in [2.45, 2.75) is 84.2 Å². The molecule has 206 valence electrons. The fourth-order valence-corrected chi connectivity index (χ4v) is 8.34. The first-order valence-corrected chi connectivity index (χ1v) is 13.1. The Kier molecular flexibility index (Phi) is 5.98. The van der Waals surface area contributed by atoms with Crippen LogP contribution in [-0.2, 0) is 38.1 Å². The van der Waals surface area contributed by atoms with Crippen molar-refractivity contribution in [1.29, 1.82) is 0 Å². The Morgan fingerprint density at radius 2 is 1.89 bits per heavy atom. The molecular weight excluding hydrogens is 492 g/mol. The number of methoxy groups -OCH3 is 1. The van der Waals surface area contributed by atoms with E-state index in [4.69, 9.17) is 23.4 Å². The average molecular weight is 529 g/mol. The molecule has 4 unspecified atom stereocenters. The third-order valence-corrected chi connectivity index (χ3v) is 10.2. The largest absolute Gasteiger partial charge is 0.472 e. The number of carbonyl (C=O) groups excluding carboxylic acids is 4. The summed E-state index contributed by atoms with van der Waals surface area (Å²) < 4.78 is 28.8. The van der Waals surface area contributed by atoms with Gasteiger partial charge in [-0.05, 0) is 30.4 Å². The highest BCUT2D eigenvalue weighted by atomic mass is 16.6. The smallest absolute Gasteiger partial charge is 0.347 e. The monoisotopic (exact) mass is 528 g/mol. The summed E-state index contributed by atoms with van der Waals surface area (Å²) in [5.74, 6) is -2.85. The van der Waals surface area contributed by atoms with E-state index >= 15 is 0 Å². The van der Waals surface area contributed by atoms with E-state index < -0.39 is 64.0 Å². The van der Waals surface area contributed by atoms with Crippen molar-refractivity contribution in [2.24, 2.45) is 28.1 Å². The molecule has 8 atom stereocenters. The fraction of sp³-hybridized carbons (Fsp3) is 0.655. The number of hydrogen-bond donors (Lipinski definition) is 0. The number of ketones is 1. The number of hydrogen-bond acceptors (Lipinski definition) is 9. The van der Waals surface area contributed by atoms with Gasteiger partial charge in [0.1, 0.15) is 17.5 Å². The lowest BCUT2D eigenvalue weighted by Crippen LogP contribution is -2.74. The lowest BCUT2D eigenvalue weighted by Gasteiger charge is -2.70. The van der Waals surface area contributed by atoms with Gasteiger partial charge in [-0.1, -0.05) is 34.3 Å². The second-order valence-electron chi connectivity index (χ2n) is 12.3. The lowest BCUT2D eigenvalue weighted by molar-refractivity contribution is -0.303. The molecule has 2 aliphatic heterocycles. The van der Waals surface area contributed by atoms with E-state index in [0.29, 0.717) is 12.8 Å². The van der Waals surface area contributed by atoms with Gasteiger partial charge in [0.2, 0.25) is 6.10 Å². The molecule has 0 amide bonds. The second kappa shape index (κ2) is 8.53. The van der Waals surface area contributed by atoms with Crippen LogP contribution in [0.2, 0.25) is 0 Å². The molecule has 2 saturated carbocycles. The molecule has 5 rings (SSSR count). The van der Waals surface area contributed by atoms with Crippen molar-refractivity contribution < 1.29 is 42.5 Å². The minimum absolute atomic E-state index is 0.0214. The van der Waals surface area contributed by atoms with Crippen LogP contribution in [0, 0.1) is 28.1 Å².